The second-order valence-electron chi connectivity index (χ2n) is 9.52. The summed E-state index contributed by atoms with van der Waals surface area (Å²) in [5.74, 6) is 0.297. The van der Waals surface area contributed by atoms with E-state index in [4.69, 9.17) is 4.74 Å². The number of carbonyl (C=O) groups is 2. The predicted molar refractivity (Wildman–Crippen MR) is 108 cm³/mol. The van der Waals surface area contributed by atoms with Crippen molar-refractivity contribution in [3.8, 4) is 0 Å². The third-order valence-electron chi connectivity index (χ3n) is 5.71. The number of carbonyl (C=O) groups excluding carboxylic acids is 2. The Balaban J connectivity index is 1.59. The van der Waals surface area contributed by atoms with E-state index in [0.29, 0.717) is 18.2 Å². The minimum Gasteiger partial charge on any atom is -0.444 e. The molecule has 0 spiro atoms. The van der Waals surface area contributed by atoms with Gasteiger partial charge >= 0.3 is 6.09 Å². The number of hydrogen-bond donors (Lipinski definition) is 2. The minimum absolute atomic E-state index is 0.0458. The number of nitrogens with one attached hydrogen (secondary N) is 1. The van der Waals surface area contributed by atoms with E-state index in [1.807, 2.05) is 32.7 Å². The number of amides is 2. The summed E-state index contributed by atoms with van der Waals surface area (Å²) in [7, 11) is 1.85. The number of aryl methyl sites for hydroxylation is 1. The standard InChI is InChI=1S/C21H34N4O4/c1-21(2,3)29-20(28)23-15-5-7-16(8-6-15)25(11-14-9-17(26)10-14)19(27)18-12-24(4)13-22-18/h12-17,26H,5-11H2,1-4H3,(H,23,28). The van der Waals surface area contributed by atoms with Gasteiger partial charge in [-0.05, 0) is 65.2 Å². The van der Waals surface area contributed by atoms with Crippen LogP contribution < -0.4 is 5.32 Å². The third-order valence-corrected chi connectivity index (χ3v) is 5.71. The lowest BCUT2D eigenvalue weighted by Gasteiger charge is -2.41. The Labute approximate surface area is 172 Å². The first-order chi connectivity index (χ1) is 13.6. The third kappa shape index (κ3) is 5.95. The van der Waals surface area contributed by atoms with Crippen LogP contribution in [0.2, 0.25) is 0 Å². The number of aliphatic hydroxyl groups is 1. The molecule has 0 saturated heterocycles. The van der Waals surface area contributed by atoms with Gasteiger partial charge in [-0.15, -0.1) is 0 Å². The van der Waals surface area contributed by atoms with Crippen molar-refractivity contribution >= 4 is 12.0 Å². The molecule has 29 heavy (non-hydrogen) atoms. The van der Waals surface area contributed by atoms with Crippen LogP contribution >= 0.6 is 0 Å². The van der Waals surface area contributed by atoms with Gasteiger partial charge in [0.2, 0.25) is 0 Å². The van der Waals surface area contributed by atoms with Crippen LogP contribution in [0.25, 0.3) is 0 Å². The van der Waals surface area contributed by atoms with Crippen molar-refractivity contribution in [1.82, 2.24) is 19.8 Å². The molecular weight excluding hydrogens is 372 g/mol. The fourth-order valence-corrected chi connectivity index (χ4v) is 4.20. The maximum Gasteiger partial charge on any atom is 0.407 e. The number of rotatable bonds is 5. The molecule has 162 valence electrons. The number of nitrogens with zero attached hydrogens (tertiary/aromatic N) is 3. The van der Waals surface area contributed by atoms with Gasteiger partial charge in [0.1, 0.15) is 11.3 Å². The van der Waals surface area contributed by atoms with Crippen LogP contribution in [0.3, 0.4) is 0 Å². The second-order valence-corrected chi connectivity index (χ2v) is 9.52. The highest BCUT2D eigenvalue weighted by Gasteiger charge is 2.36. The molecule has 2 amide bonds. The fourth-order valence-electron chi connectivity index (χ4n) is 4.20. The van der Waals surface area contributed by atoms with Gasteiger partial charge in [-0.1, -0.05) is 0 Å². The Hall–Kier alpha value is -2.09. The van der Waals surface area contributed by atoms with Gasteiger partial charge < -0.3 is 24.6 Å². The number of imidazole rings is 1. The lowest BCUT2D eigenvalue weighted by atomic mass is 9.81. The molecule has 2 saturated carbocycles. The van der Waals surface area contributed by atoms with Crippen molar-refractivity contribution in [2.24, 2.45) is 13.0 Å². The molecule has 0 atom stereocenters. The van der Waals surface area contributed by atoms with Crippen LogP contribution in [0.5, 0.6) is 0 Å². The van der Waals surface area contributed by atoms with Crippen molar-refractivity contribution in [3.05, 3.63) is 18.2 Å². The summed E-state index contributed by atoms with van der Waals surface area (Å²) in [6.07, 6.45) is 7.55. The Morgan fingerprint density at radius 3 is 2.45 bits per heavy atom. The van der Waals surface area contributed by atoms with Crippen LogP contribution in [0.1, 0.15) is 69.8 Å². The lowest BCUT2D eigenvalue weighted by molar-refractivity contribution is 0.0110. The number of aliphatic hydroxyl groups excluding tert-OH is 1. The number of ether oxygens (including phenoxy) is 1. The monoisotopic (exact) mass is 406 g/mol. The second kappa shape index (κ2) is 8.73. The summed E-state index contributed by atoms with van der Waals surface area (Å²) in [6, 6.07) is 0.192. The van der Waals surface area contributed by atoms with Crippen LogP contribution in [-0.2, 0) is 11.8 Å². The lowest BCUT2D eigenvalue weighted by Crippen LogP contribution is -2.50. The van der Waals surface area contributed by atoms with Crippen molar-refractivity contribution in [2.75, 3.05) is 6.54 Å². The topological polar surface area (TPSA) is 96.7 Å². The van der Waals surface area contributed by atoms with Crippen LogP contribution in [-0.4, -0.2) is 61.9 Å². The maximum absolute atomic E-state index is 13.1. The molecule has 2 N–H and O–H groups in total. The van der Waals surface area contributed by atoms with Crippen LogP contribution in [0, 0.1) is 5.92 Å². The maximum atomic E-state index is 13.1. The molecule has 0 unspecified atom stereocenters. The van der Waals surface area contributed by atoms with Gasteiger partial charge in [-0.3, -0.25) is 4.79 Å². The molecule has 0 bridgehead atoms. The van der Waals surface area contributed by atoms with E-state index in [0.717, 1.165) is 38.5 Å². The van der Waals surface area contributed by atoms with Gasteiger partial charge in [0.05, 0.1) is 12.4 Å². The van der Waals surface area contributed by atoms with Crippen molar-refractivity contribution < 1.29 is 19.4 Å². The van der Waals surface area contributed by atoms with Gasteiger partial charge in [0, 0.05) is 31.9 Å². The minimum atomic E-state index is -0.513. The predicted octanol–water partition coefficient (Wildman–Crippen LogP) is 2.47. The van der Waals surface area contributed by atoms with Crippen LogP contribution in [0.4, 0.5) is 4.79 Å². The summed E-state index contributed by atoms with van der Waals surface area (Å²) in [5, 5.41) is 12.6. The van der Waals surface area contributed by atoms with Crippen LogP contribution in [0.15, 0.2) is 12.5 Å². The van der Waals surface area contributed by atoms with Gasteiger partial charge in [-0.2, -0.15) is 0 Å². The van der Waals surface area contributed by atoms with E-state index in [2.05, 4.69) is 10.3 Å². The molecule has 8 heteroatoms. The zero-order valence-electron chi connectivity index (χ0n) is 17.9. The largest absolute Gasteiger partial charge is 0.444 e. The first-order valence-corrected chi connectivity index (χ1v) is 10.6. The zero-order valence-corrected chi connectivity index (χ0v) is 17.9. The SMILES string of the molecule is Cn1cnc(C(=O)N(CC2CC(O)C2)C2CCC(NC(=O)OC(C)(C)C)CC2)c1. The highest BCUT2D eigenvalue weighted by Crippen LogP contribution is 2.32. The average molecular weight is 407 g/mol. The molecule has 2 fully saturated rings. The summed E-state index contributed by atoms with van der Waals surface area (Å²) in [4.78, 5) is 31.3. The highest BCUT2D eigenvalue weighted by atomic mass is 16.6. The molecule has 0 aliphatic heterocycles. The van der Waals surface area contributed by atoms with E-state index >= 15 is 0 Å². The van der Waals surface area contributed by atoms with Crippen molar-refractivity contribution in [3.63, 3.8) is 0 Å². The summed E-state index contributed by atoms with van der Waals surface area (Å²) < 4.78 is 7.13. The molecule has 1 aromatic heterocycles. The van der Waals surface area contributed by atoms with E-state index in [1.54, 1.807) is 17.1 Å². The zero-order chi connectivity index (χ0) is 21.2. The molecule has 1 aromatic rings. The Morgan fingerprint density at radius 2 is 1.93 bits per heavy atom. The first-order valence-electron chi connectivity index (χ1n) is 10.6. The molecule has 2 aliphatic rings. The molecule has 1 heterocycles. The molecule has 3 rings (SSSR count). The molecule has 0 aromatic carbocycles. The number of hydrogen-bond acceptors (Lipinski definition) is 5. The molecule has 0 radical (unpaired) electrons. The number of aromatic nitrogens is 2. The average Bonchev–Trinajstić information content (AvgIpc) is 3.03. The molecule has 8 nitrogen and oxygen atoms in total. The Bertz CT molecular complexity index is 713. The smallest absolute Gasteiger partial charge is 0.407 e. The Kier molecular flexibility index (Phi) is 6.51. The van der Waals surface area contributed by atoms with E-state index < -0.39 is 5.60 Å². The van der Waals surface area contributed by atoms with Crippen molar-refractivity contribution in [1.29, 1.82) is 0 Å². The first kappa shape index (κ1) is 21.6. The Morgan fingerprint density at radius 1 is 1.28 bits per heavy atom. The highest BCUT2D eigenvalue weighted by molar-refractivity contribution is 5.92. The summed E-state index contributed by atoms with van der Waals surface area (Å²) in [5.41, 5.74) is -0.0538. The normalized spacial score (nSPS) is 27.1. The number of alkyl carbamates (subject to hydrolysis) is 1. The van der Waals surface area contributed by atoms with Crippen molar-refractivity contribution in [2.45, 2.75) is 83.1 Å². The van der Waals surface area contributed by atoms with E-state index in [-0.39, 0.29) is 30.2 Å². The molecule has 2 aliphatic carbocycles. The van der Waals surface area contributed by atoms with E-state index in [9.17, 15) is 14.7 Å². The summed E-state index contributed by atoms with van der Waals surface area (Å²) >= 11 is 0. The van der Waals surface area contributed by atoms with Gasteiger partial charge in [0.15, 0.2) is 0 Å². The van der Waals surface area contributed by atoms with Gasteiger partial charge in [0.25, 0.3) is 5.91 Å². The summed E-state index contributed by atoms with van der Waals surface area (Å²) in [6.45, 7) is 6.20. The quantitative estimate of drug-likeness (QED) is 0.783. The van der Waals surface area contributed by atoms with Gasteiger partial charge in [-0.25, -0.2) is 9.78 Å². The van der Waals surface area contributed by atoms with E-state index in [1.165, 1.54) is 0 Å². The molecular formula is C21H34N4O4. The fraction of sp³-hybridized carbons (Fsp3) is 0.762.